The van der Waals surface area contributed by atoms with Gasteiger partial charge in [-0.2, -0.15) is 0 Å². The van der Waals surface area contributed by atoms with Crippen molar-refractivity contribution in [3.63, 3.8) is 0 Å². The lowest BCUT2D eigenvalue weighted by molar-refractivity contribution is 0.132. The lowest BCUT2D eigenvalue weighted by atomic mass is 9.91. The van der Waals surface area contributed by atoms with E-state index in [1.165, 1.54) is 0 Å². The number of rotatable bonds is 3. The SMILES string of the molecule is OCc1c2c(nc(-c3ccccc3)c1-c1ccccc1)COC2. The largest absolute Gasteiger partial charge is 0.392 e. The molecule has 0 spiro atoms. The van der Waals surface area contributed by atoms with Crippen molar-refractivity contribution in [1.29, 1.82) is 0 Å². The van der Waals surface area contributed by atoms with Gasteiger partial charge < -0.3 is 9.84 Å². The second kappa shape index (κ2) is 5.95. The normalized spacial score (nSPS) is 13.1. The van der Waals surface area contributed by atoms with Crippen LogP contribution in [0.3, 0.4) is 0 Å². The zero-order valence-electron chi connectivity index (χ0n) is 12.7. The molecular formula is C20H17NO2. The molecule has 1 N–H and O–H groups in total. The Morgan fingerprint density at radius 2 is 1.52 bits per heavy atom. The minimum absolute atomic E-state index is 0.0156. The molecule has 0 saturated heterocycles. The number of aliphatic hydroxyl groups is 1. The van der Waals surface area contributed by atoms with Gasteiger partial charge in [0.25, 0.3) is 0 Å². The average Bonchev–Trinajstić information content (AvgIpc) is 3.10. The fourth-order valence-corrected chi connectivity index (χ4v) is 3.16. The van der Waals surface area contributed by atoms with Gasteiger partial charge in [0, 0.05) is 16.7 Å². The van der Waals surface area contributed by atoms with Gasteiger partial charge in [0.05, 0.1) is 31.2 Å². The van der Waals surface area contributed by atoms with Crippen molar-refractivity contribution in [2.24, 2.45) is 0 Å². The van der Waals surface area contributed by atoms with E-state index in [0.29, 0.717) is 13.2 Å². The summed E-state index contributed by atoms with van der Waals surface area (Å²) in [6.45, 7) is 1.02. The van der Waals surface area contributed by atoms with Crippen molar-refractivity contribution in [2.75, 3.05) is 0 Å². The number of nitrogens with zero attached hydrogens (tertiary/aromatic N) is 1. The number of benzene rings is 2. The Morgan fingerprint density at radius 3 is 2.17 bits per heavy atom. The van der Waals surface area contributed by atoms with E-state index in [1.54, 1.807) is 0 Å². The summed E-state index contributed by atoms with van der Waals surface area (Å²) in [6.07, 6.45) is 0. The highest BCUT2D eigenvalue weighted by Crippen LogP contribution is 2.38. The van der Waals surface area contributed by atoms with E-state index in [4.69, 9.17) is 9.72 Å². The average molecular weight is 303 g/mol. The molecule has 0 saturated carbocycles. The predicted octanol–water partition coefficient (Wildman–Crippen LogP) is 3.94. The Kier molecular flexibility index (Phi) is 3.66. The molecule has 0 fully saturated rings. The van der Waals surface area contributed by atoms with Crippen LogP contribution in [-0.4, -0.2) is 10.1 Å². The molecule has 0 unspecified atom stereocenters. The van der Waals surface area contributed by atoms with E-state index in [9.17, 15) is 5.11 Å². The summed E-state index contributed by atoms with van der Waals surface area (Å²) in [7, 11) is 0. The van der Waals surface area contributed by atoms with Crippen molar-refractivity contribution in [1.82, 2.24) is 4.98 Å². The lowest BCUT2D eigenvalue weighted by Gasteiger charge is -2.17. The molecule has 114 valence electrons. The van der Waals surface area contributed by atoms with Crippen LogP contribution in [0.15, 0.2) is 60.7 Å². The van der Waals surface area contributed by atoms with Crippen LogP contribution < -0.4 is 0 Å². The van der Waals surface area contributed by atoms with E-state index in [-0.39, 0.29) is 6.61 Å². The molecular weight excluding hydrogens is 286 g/mol. The van der Waals surface area contributed by atoms with E-state index >= 15 is 0 Å². The number of aliphatic hydroxyl groups excluding tert-OH is 1. The van der Waals surface area contributed by atoms with E-state index < -0.39 is 0 Å². The first-order valence-electron chi connectivity index (χ1n) is 7.72. The minimum Gasteiger partial charge on any atom is -0.392 e. The summed E-state index contributed by atoms with van der Waals surface area (Å²) in [5.74, 6) is 0. The molecule has 3 nitrogen and oxygen atoms in total. The number of fused-ring (bicyclic) bond motifs is 1. The van der Waals surface area contributed by atoms with Crippen molar-refractivity contribution in [2.45, 2.75) is 19.8 Å². The number of hydrogen-bond acceptors (Lipinski definition) is 3. The summed E-state index contributed by atoms with van der Waals surface area (Å²) in [4.78, 5) is 4.87. The van der Waals surface area contributed by atoms with Gasteiger partial charge in [0.15, 0.2) is 0 Å². The molecule has 1 aromatic heterocycles. The number of ether oxygens (including phenoxy) is 1. The van der Waals surface area contributed by atoms with Crippen LogP contribution in [0.4, 0.5) is 0 Å². The number of hydrogen-bond donors (Lipinski definition) is 1. The molecule has 0 radical (unpaired) electrons. The smallest absolute Gasteiger partial charge is 0.0896 e. The summed E-state index contributed by atoms with van der Waals surface area (Å²) in [5, 5.41) is 10.0. The highest BCUT2D eigenvalue weighted by molar-refractivity contribution is 5.84. The van der Waals surface area contributed by atoms with Gasteiger partial charge in [-0.05, 0) is 11.1 Å². The number of aromatic nitrogens is 1. The summed E-state index contributed by atoms with van der Waals surface area (Å²) in [5.41, 5.74) is 6.93. The molecule has 0 bridgehead atoms. The zero-order valence-corrected chi connectivity index (χ0v) is 12.7. The van der Waals surface area contributed by atoms with Gasteiger partial charge in [0.1, 0.15) is 0 Å². The van der Waals surface area contributed by atoms with Crippen molar-refractivity contribution in [3.8, 4) is 22.4 Å². The molecule has 2 aromatic carbocycles. The summed E-state index contributed by atoms with van der Waals surface area (Å²) >= 11 is 0. The molecule has 0 aliphatic carbocycles. The van der Waals surface area contributed by atoms with Gasteiger partial charge in [-0.25, -0.2) is 4.98 Å². The maximum Gasteiger partial charge on any atom is 0.0896 e. The molecule has 4 rings (SSSR count). The lowest BCUT2D eigenvalue weighted by Crippen LogP contribution is -2.03. The van der Waals surface area contributed by atoms with Gasteiger partial charge in [0.2, 0.25) is 0 Å². The Labute approximate surface area is 135 Å². The van der Waals surface area contributed by atoms with Crippen molar-refractivity contribution in [3.05, 3.63) is 77.5 Å². The second-order valence-corrected chi connectivity index (χ2v) is 5.62. The Balaban J connectivity index is 2.05. The highest BCUT2D eigenvalue weighted by atomic mass is 16.5. The standard InChI is InChI=1S/C20H17NO2/c22-11-16-17-12-23-13-18(17)21-20(15-9-5-2-6-10-15)19(16)14-7-3-1-4-8-14/h1-10,22H,11-13H2. The molecule has 2 heterocycles. The van der Waals surface area contributed by atoms with Crippen LogP contribution in [0.1, 0.15) is 16.8 Å². The van der Waals surface area contributed by atoms with Crippen LogP contribution in [0.25, 0.3) is 22.4 Å². The zero-order chi connectivity index (χ0) is 15.6. The first-order valence-corrected chi connectivity index (χ1v) is 7.72. The summed E-state index contributed by atoms with van der Waals surface area (Å²) in [6, 6.07) is 20.3. The Hall–Kier alpha value is -2.49. The molecule has 0 amide bonds. The van der Waals surface area contributed by atoms with Crippen molar-refractivity contribution < 1.29 is 9.84 Å². The van der Waals surface area contributed by atoms with Gasteiger partial charge in [-0.15, -0.1) is 0 Å². The number of pyridine rings is 1. The molecule has 1 aliphatic heterocycles. The monoisotopic (exact) mass is 303 g/mol. The Bertz CT molecular complexity index is 829. The first-order chi connectivity index (χ1) is 11.4. The molecule has 0 atom stereocenters. The second-order valence-electron chi connectivity index (χ2n) is 5.62. The van der Waals surface area contributed by atoms with Crippen LogP contribution in [-0.2, 0) is 24.6 Å². The van der Waals surface area contributed by atoms with Crippen LogP contribution in [0.2, 0.25) is 0 Å². The summed E-state index contributed by atoms with van der Waals surface area (Å²) < 4.78 is 5.57. The van der Waals surface area contributed by atoms with Crippen LogP contribution in [0, 0.1) is 0 Å². The van der Waals surface area contributed by atoms with Crippen molar-refractivity contribution >= 4 is 0 Å². The predicted molar refractivity (Wildman–Crippen MR) is 89.5 cm³/mol. The van der Waals surface area contributed by atoms with Crippen LogP contribution in [0.5, 0.6) is 0 Å². The molecule has 1 aliphatic rings. The molecule has 3 heteroatoms. The van der Waals surface area contributed by atoms with Gasteiger partial charge in [-0.1, -0.05) is 60.7 Å². The maximum atomic E-state index is 10.0. The maximum absolute atomic E-state index is 10.0. The third-order valence-electron chi connectivity index (χ3n) is 4.25. The van der Waals surface area contributed by atoms with Gasteiger partial charge in [-0.3, -0.25) is 0 Å². The highest BCUT2D eigenvalue weighted by Gasteiger charge is 2.24. The third kappa shape index (κ3) is 2.44. The van der Waals surface area contributed by atoms with E-state index in [2.05, 4.69) is 24.3 Å². The molecule has 3 aromatic rings. The quantitative estimate of drug-likeness (QED) is 0.797. The molecule has 23 heavy (non-hydrogen) atoms. The topological polar surface area (TPSA) is 42.4 Å². The minimum atomic E-state index is -0.0156. The van der Waals surface area contributed by atoms with Crippen LogP contribution >= 0.6 is 0 Å². The third-order valence-corrected chi connectivity index (χ3v) is 4.25. The van der Waals surface area contributed by atoms with Gasteiger partial charge >= 0.3 is 0 Å². The van der Waals surface area contributed by atoms with E-state index in [0.717, 1.165) is 39.2 Å². The first kappa shape index (κ1) is 14.1. The fourth-order valence-electron chi connectivity index (χ4n) is 3.16. The Morgan fingerprint density at radius 1 is 0.870 bits per heavy atom. The van der Waals surface area contributed by atoms with E-state index in [1.807, 2.05) is 36.4 Å². The fraction of sp³-hybridized carbons (Fsp3) is 0.150.